The molecule has 1 aliphatic carbocycles. The Morgan fingerprint density at radius 1 is 0.706 bits per heavy atom. The summed E-state index contributed by atoms with van der Waals surface area (Å²) in [5.74, 6) is 0. The largest absolute Gasteiger partial charge is 0.0843 e. The average Bonchev–Trinajstić information content (AvgIpc) is 2.48. The molecule has 2 heteroatoms. The molecule has 2 aromatic carbocycles. The third kappa shape index (κ3) is 2.11. The summed E-state index contributed by atoms with van der Waals surface area (Å²) in [6.45, 7) is 0. The molecular formula is C15H10Cl2. The van der Waals surface area contributed by atoms with Crippen molar-refractivity contribution in [2.45, 2.75) is 6.42 Å². The molecule has 0 radical (unpaired) electrons. The highest BCUT2D eigenvalue weighted by Crippen LogP contribution is 2.28. The normalized spacial score (nSPS) is 12.8. The third-order valence-corrected chi connectivity index (χ3v) is 3.51. The molecule has 0 spiro atoms. The van der Waals surface area contributed by atoms with Gasteiger partial charge in [0.25, 0.3) is 0 Å². The number of halogens is 2. The van der Waals surface area contributed by atoms with Crippen LogP contribution in [0.5, 0.6) is 0 Å². The van der Waals surface area contributed by atoms with E-state index in [1.54, 1.807) is 0 Å². The molecule has 1 aliphatic rings. The van der Waals surface area contributed by atoms with Gasteiger partial charge >= 0.3 is 0 Å². The van der Waals surface area contributed by atoms with E-state index in [2.05, 4.69) is 24.3 Å². The van der Waals surface area contributed by atoms with Crippen LogP contribution in [0.15, 0.2) is 36.4 Å². The van der Waals surface area contributed by atoms with Gasteiger partial charge in [0.1, 0.15) is 0 Å². The first-order valence-electron chi connectivity index (χ1n) is 5.47. The van der Waals surface area contributed by atoms with Crippen LogP contribution in [-0.4, -0.2) is 0 Å². The van der Waals surface area contributed by atoms with E-state index in [1.165, 1.54) is 22.3 Å². The van der Waals surface area contributed by atoms with Gasteiger partial charge < -0.3 is 0 Å². The predicted molar refractivity (Wildman–Crippen MR) is 74.6 cm³/mol. The molecule has 0 aromatic heterocycles. The van der Waals surface area contributed by atoms with Crippen LogP contribution in [0.2, 0.25) is 10.0 Å². The monoisotopic (exact) mass is 260 g/mol. The maximum atomic E-state index is 6.01. The molecule has 2 aromatic rings. The van der Waals surface area contributed by atoms with Crippen molar-refractivity contribution < 1.29 is 0 Å². The molecule has 0 fully saturated rings. The first-order valence-corrected chi connectivity index (χ1v) is 6.23. The summed E-state index contributed by atoms with van der Waals surface area (Å²) in [6.07, 6.45) is 5.12. The van der Waals surface area contributed by atoms with Crippen LogP contribution < -0.4 is 0 Å². The number of benzene rings is 2. The first kappa shape index (κ1) is 10.9. The third-order valence-electron chi connectivity index (χ3n) is 3.04. The van der Waals surface area contributed by atoms with Gasteiger partial charge in [0, 0.05) is 10.0 Å². The summed E-state index contributed by atoms with van der Waals surface area (Å²) < 4.78 is 0. The van der Waals surface area contributed by atoms with Crippen molar-refractivity contribution in [2.75, 3.05) is 0 Å². The van der Waals surface area contributed by atoms with E-state index in [0.717, 1.165) is 16.5 Å². The van der Waals surface area contributed by atoms with Crippen LogP contribution in [-0.2, 0) is 6.42 Å². The minimum atomic E-state index is 0.775. The van der Waals surface area contributed by atoms with Crippen LogP contribution in [0.25, 0.3) is 12.2 Å². The second-order valence-corrected chi connectivity index (χ2v) is 5.07. The Balaban J connectivity index is 2.16. The Morgan fingerprint density at radius 3 is 1.65 bits per heavy atom. The van der Waals surface area contributed by atoms with Crippen LogP contribution in [0.1, 0.15) is 22.3 Å². The van der Waals surface area contributed by atoms with Gasteiger partial charge in [-0.1, -0.05) is 47.5 Å². The molecule has 3 rings (SSSR count). The van der Waals surface area contributed by atoms with Crippen molar-refractivity contribution in [1.82, 2.24) is 0 Å². The summed E-state index contributed by atoms with van der Waals surface area (Å²) in [6, 6.07) is 12.1. The van der Waals surface area contributed by atoms with Gasteiger partial charge in [0.2, 0.25) is 0 Å². The summed E-state index contributed by atoms with van der Waals surface area (Å²) in [7, 11) is 0. The lowest BCUT2D eigenvalue weighted by atomic mass is 10.00. The van der Waals surface area contributed by atoms with Crippen molar-refractivity contribution >= 4 is 35.4 Å². The molecule has 0 heterocycles. The Labute approximate surface area is 110 Å². The minimum Gasteiger partial charge on any atom is -0.0843 e. The molecule has 0 aliphatic heterocycles. The lowest BCUT2D eigenvalue weighted by Crippen LogP contribution is -1.91. The van der Waals surface area contributed by atoms with Crippen LogP contribution in [0.4, 0.5) is 0 Å². The van der Waals surface area contributed by atoms with Crippen molar-refractivity contribution in [3.63, 3.8) is 0 Å². The number of rotatable bonds is 0. The zero-order valence-electron chi connectivity index (χ0n) is 9.08. The second-order valence-electron chi connectivity index (χ2n) is 4.20. The van der Waals surface area contributed by atoms with E-state index in [1.807, 2.05) is 24.3 Å². The van der Waals surface area contributed by atoms with Gasteiger partial charge in [-0.05, 0) is 52.9 Å². The molecule has 17 heavy (non-hydrogen) atoms. The van der Waals surface area contributed by atoms with Gasteiger partial charge in [-0.25, -0.2) is 0 Å². The molecule has 0 amide bonds. The van der Waals surface area contributed by atoms with Crippen molar-refractivity contribution in [1.29, 1.82) is 0 Å². The predicted octanol–water partition coefficient (Wildman–Crippen LogP) is 5.07. The summed E-state index contributed by atoms with van der Waals surface area (Å²) >= 11 is 12.0. The summed E-state index contributed by atoms with van der Waals surface area (Å²) in [5, 5.41) is 1.55. The Bertz CT molecular complexity index is 559. The number of hydrogen-bond acceptors (Lipinski definition) is 0. The highest BCUT2D eigenvalue weighted by molar-refractivity contribution is 6.31. The van der Waals surface area contributed by atoms with Crippen LogP contribution >= 0.6 is 23.2 Å². The lowest BCUT2D eigenvalue weighted by Gasteiger charge is -2.06. The van der Waals surface area contributed by atoms with Crippen molar-refractivity contribution in [2.24, 2.45) is 0 Å². The van der Waals surface area contributed by atoms with Gasteiger partial charge in [-0.2, -0.15) is 0 Å². The maximum Gasteiger partial charge on any atom is 0.0412 e. The van der Waals surface area contributed by atoms with Crippen LogP contribution in [0.3, 0.4) is 0 Å². The fraction of sp³-hybridized carbons (Fsp3) is 0.0667. The van der Waals surface area contributed by atoms with E-state index in [4.69, 9.17) is 23.2 Å². The van der Waals surface area contributed by atoms with E-state index in [9.17, 15) is 0 Å². The van der Waals surface area contributed by atoms with Crippen LogP contribution in [0, 0.1) is 0 Å². The first-order chi connectivity index (χ1) is 8.22. The zero-order valence-corrected chi connectivity index (χ0v) is 10.6. The second kappa shape index (κ2) is 4.21. The quantitative estimate of drug-likeness (QED) is 0.530. The standard InChI is InChI=1S/C15H10Cl2/c16-14-5-3-10-7-11-4-6-15(17)9-13(11)2-1-12(10)8-14/h1-6,8-9H,7H2. The topological polar surface area (TPSA) is 0 Å². The Morgan fingerprint density at radius 2 is 1.18 bits per heavy atom. The molecule has 0 saturated carbocycles. The van der Waals surface area contributed by atoms with E-state index < -0.39 is 0 Å². The lowest BCUT2D eigenvalue weighted by molar-refractivity contribution is 1.18. The highest BCUT2D eigenvalue weighted by Gasteiger charge is 2.09. The van der Waals surface area contributed by atoms with Gasteiger partial charge in [0.05, 0.1) is 0 Å². The van der Waals surface area contributed by atoms with E-state index in [0.29, 0.717) is 0 Å². The number of fused-ring (bicyclic) bond motifs is 2. The molecule has 0 unspecified atom stereocenters. The molecule has 84 valence electrons. The highest BCUT2D eigenvalue weighted by atomic mass is 35.5. The fourth-order valence-corrected chi connectivity index (χ4v) is 2.51. The molecule has 0 bridgehead atoms. The minimum absolute atomic E-state index is 0.775. The molecular weight excluding hydrogens is 251 g/mol. The Kier molecular flexibility index (Phi) is 2.70. The zero-order chi connectivity index (χ0) is 11.8. The fourth-order valence-electron chi connectivity index (χ4n) is 2.15. The summed E-state index contributed by atoms with van der Waals surface area (Å²) in [5.41, 5.74) is 4.97. The van der Waals surface area contributed by atoms with Gasteiger partial charge in [0.15, 0.2) is 0 Å². The molecule has 0 saturated heterocycles. The summed E-state index contributed by atoms with van der Waals surface area (Å²) in [4.78, 5) is 0. The smallest absolute Gasteiger partial charge is 0.0412 e. The average molecular weight is 261 g/mol. The van der Waals surface area contributed by atoms with Crippen molar-refractivity contribution in [3.05, 3.63) is 68.7 Å². The van der Waals surface area contributed by atoms with Gasteiger partial charge in [-0.15, -0.1) is 0 Å². The SMILES string of the molecule is Clc1ccc2c(c1)C=Cc1cc(Cl)ccc1C2. The van der Waals surface area contributed by atoms with E-state index in [-0.39, 0.29) is 0 Å². The Hall–Kier alpha value is -1.24. The van der Waals surface area contributed by atoms with Crippen molar-refractivity contribution in [3.8, 4) is 0 Å². The molecule has 0 nitrogen and oxygen atoms in total. The van der Waals surface area contributed by atoms with Gasteiger partial charge in [-0.3, -0.25) is 0 Å². The maximum absolute atomic E-state index is 6.01. The van der Waals surface area contributed by atoms with E-state index >= 15 is 0 Å². The molecule has 0 atom stereocenters. The number of hydrogen-bond donors (Lipinski definition) is 0. The molecule has 0 N–H and O–H groups in total.